The second kappa shape index (κ2) is 9.67. The van der Waals surface area contributed by atoms with E-state index in [1.54, 1.807) is 0 Å². The normalized spacial score (nSPS) is 7.00. The van der Waals surface area contributed by atoms with Gasteiger partial charge in [0.2, 0.25) is 0 Å². The molecule has 48 valence electrons. The van der Waals surface area contributed by atoms with Crippen molar-refractivity contribution in [1.29, 1.82) is 0 Å². The van der Waals surface area contributed by atoms with Crippen molar-refractivity contribution in [2.75, 3.05) is 13.1 Å². The number of hydrogen-bond donors (Lipinski definition) is 1. The summed E-state index contributed by atoms with van der Waals surface area (Å²) in [6, 6.07) is 0. The van der Waals surface area contributed by atoms with Gasteiger partial charge in [0, 0.05) is 13.1 Å². The highest BCUT2D eigenvalue weighted by atomic mass is 14.8. The number of nitrogens with one attached hydrogen (secondary N) is 1. The van der Waals surface area contributed by atoms with Crippen molar-refractivity contribution in [1.82, 2.24) is 5.32 Å². The van der Waals surface area contributed by atoms with E-state index in [2.05, 4.69) is 18.5 Å². The standard InChI is InChI=1S/C6H11N.CH4/c1-3-5-7-6-4-2;/h3-4,7H,1-2,5-6H2;1H4. The maximum absolute atomic E-state index is 3.54. The van der Waals surface area contributed by atoms with Crippen molar-refractivity contribution in [2.45, 2.75) is 7.43 Å². The fourth-order valence-electron chi connectivity index (χ4n) is 0.287. The molecule has 0 aliphatic heterocycles. The molecule has 0 atom stereocenters. The predicted molar refractivity (Wildman–Crippen MR) is 40.0 cm³/mol. The number of rotatable bonds is 4. The molecule has 0 aromatic carbocycles. The van der Waals surface area contributed by atoms with Gasteiger partial charge in [-0.15, -0.1) is 13.2 Å². The highest BCUT2D eigenvalue weighted by molar-refractivity contribution is 4.75. The van der Waals surface area contributed by atoms with Crippen LogP contribution in [-0.4, -0.2) is 13.1 Å². The molecule has 0 bridgehead atoms. The van der Waals surface area contributed by atoms with Gasteiger partial charge < -0.3 is 5.32 Å². The Hall–Kier alpha value is -0.560. The van der Waals surface area contributed by atoms with Crippen molar-refractivity contribution in [3.05, 3.63) is 25.3 Å². The van der Waals surface area contributed by atoms with Crippen LogP contribution < -0.4 is 5.32 Å². The highest BCUT2D eigenvalue weighted by Gasteiger charge is 1.69. The van der Waals surface area contributed by atoms with Crippen molar-refractivity contribution >= 4 is 0 Å². The maximum atomic E-state index is 3.54. The summed E-state index contributed by atoms with van der Waals surface area (Å²) < 4.78 is 0. The zero-order chi connectivity index (χ0) is 5.54. The van der Waals surface area contributed by atoms with E-state index in [1.165, 1.54) is 0 Å². The van der Waals surface area contributed by atoms with E-state index in [0.717, 1.165) is 13.1 Å². The summed E-state index contributed by atoms with van der Waals surface area (Å²) >= 11 is 0. The zero-order valence-electron chi connectivity index (χ0n) is 4.48. The molecule has 0 amide bonds. The third-order valence-electron chi connectivity index (χ3n) is 0.577. The van der Waals surface area contributed by atoms with Gasteiger partial charge in [-0.2, -0.15) is 0 Å². The summed E-state index contributed by atoms with van der Waals surface area (Å²) in [5.74, 6) is 0. The van der Waals surface area contributed by atoms with Gasteiger partial charge in [0.05, 0.1) is 0 Å². The van der Waals surface area contributed by atoms with Crippen LogP contribution in [-0.2, 0) is 0 Å². The minimum Gasteiger partial charge on any atom is -0.310 e. The lowest BCUT2D eigenvalue weighted by atomic mass is 10.5. The van der Waals surface area contributed by atoms with Crippen molar-refractivity contribution < 1.29 is 0 Å². The fourth-order valence-corrected chi connectivity index (χ4v) is 0.287. The summed E-state index contributed by atoms with van der Waals surface area (Å²) in [7, 11) is 0. The van der Waals surface area contributed by atoms with E-state index in [0.29, 0.717) is 0 Å². The highest BCUT2D eigenvalue weighted by Crippen LogP contribution is 1.59. The molecule has 1 N–H and O–H groups in total. The van der Waals surface area contributed by atoms with E-state index in [4.69, 9.17) is 0 Å². The Labute approximate surface area is 52.1 Å². The Kier molecular flexibility index (Phi) is 12.6. The van der Waals surface area contributed by atoms with E-state index in [9.17, 15) is 0 Å². The van der Waals surface area contributed by atoms with Gasteiger partial charge in [-0.3, -0.25) is 0 Å². The van der Waals surface area contributed by atoms with Gasteiger partial charge in [-0.1, -0.05) is 19.6 Å². The van der Waals surface area contributed by atoms with Crippen LogP contribution in [0.3, 0.4) is 0 Å². The third kappa shape index (κ3) is 9.06. The van der Waals surface area contributed by atoms with Crippen LogP contribution in [0.5, 0.6) is 0 Å². The lowest BCUT2D eigenvalue weighted by Gasteiger charge is -1.90. The Morgan fingerprint density at radius 2 is 1.50 bits per heavy atom. The lowest BCUT2D eigenvalue weighted by Crippen LogP contribution is -2.11. The monoisotopic (exact) mass is 113 g/mol. The van der Waals surface area contributed by atoms with Gasteiger partial charge in [-0.05, 0) is 0 Å². The van der Waals surface area contributed by atoms with E-state index in [-0.39, 0.29) is 7.43 Å². The van der Waals surface area contributed by atoms with Crippen LogP contribution in [0.4, 0.5) is 0 Å². The molecule has 0 heterocycles. The van der Waals surface area contributed by atoms with E-state index >= 15 is 0 Å². The minimum atomic E-state index is 0. The summed E-state index contributed by atoms with van der Waals surface area (Å²) in [4.78, 5) is 0. The quantitative estimate of drug-likeness (QED) is 0.431. The first kappa shape index (κ1) is 10.4. The Bertz CT molecular complexity index is 49.4. The average molecular weight is 113 g/mol. The molecule has 0 unspecified atom stereocenters. The van der Waals surface area contributed by atoms with Crippen molar-refractivity contribution in [2.24, 2.45) is 0 Å². The van der Waals surface area contributed by atoms with Crippen LogP contribution in [0.25, 0.3) is 0 Å². The molecule has 0 aliphatic rings. The summed E-state index contributed by atoms with van der Waals surface area (Å²) in [5.41, 5.74) is 0. The van der Waals surface area contributed by atoms with Crippen LogP contribution in [0.15, 0.2) is 25.3 Å². The lowest BCUT2D eigenvalue weighted by molar-refractivity contribution is 0.845. The van der Waals surface area contributed by atoms with E-state index < -0.39 is 0 Å². The first-order chi connectivity index (χ1) is 3.41. The van der Waals surface area contributed by atoms with Crippen LogP contribution in [0, 0.1) is 0 Å². The van der Waals surface area contributed by atoms with E-state index in [1.807, 2.05) is 12.2 Å². The minimum absolute atomic E-state index is 0. The van der Waals surface area contributed by atoms with Gasteiger partial charge in [-0.25, -0.2) is 0 Å². The third-order valence-corrected chi connectivity index (χ3v) is 0.577. The Balaban J connectivity index is 0. The zero-order valence-corrected chi connectivity index (χ0v) is 4.48. The van der Waals surface area contributed by atoms with Gasteiger partial charge >= 0.3 is 0 Å². The molecule has 1 heteroatoms. The molecule has 1 nitrogen and oxygen atoms in total. The van der Waals surface area contributed by atoms with Crippen molar-refractivity contribution in [3.8, 4) is 0 Å². The molecule has 0 saturated carbocycles. The summed E-state index contributed by atoms with van der Waals surface area (Å²) in [6.45, 7) is 8.81. The molecule has 0 spiro atoms. The first-order valence-corrected chi connectivity index (χ1v) is 2.34. The van der Waals surface area contributed by atoms with Crippen LogP contribution >= 0.6 is 0 Å². The second-order valence-electron chi connectivity index (χ2n) is 1.24. The molecule has 0 rings (SSSR count). The molecule has 8 heavy (non-hydrogen) atoms. The maximum Gasteiger partial charge on any atom is 0.0135 e. The molecule has 0 fully saturated rings. The first-order valence-electron chi connectivity index (χ1n) is 2.34. The second-order valence-corrected chi connectivity index (χ2v) is 1.24. The topological polar surface area (TPSA) is 12.0 Å². The van der Waals surface area contributed by atoms with Crippen molar-refractivity contribution in [3.63, 3.8) is 0 Å². The molecular formula is C7H15N. The molecule has 0 aromatic heterocycles. The fraction of sp³-hybridized carbons (Fsp3) is 0.429. The molecule has 0 aromatic rings. The summed E-state index contributed by atoms with van der Waals surface area (Å²) in [5, 5.41) is 3.05. The van der Waals surface area contributed by atoms with Crippen LogP contribution in [0.2, 0.25) is 0 Å². The SMILES string of the molecule is C.C=CCNCC=C. The molecule has 0 saturated heterocycles. The predicted octanol–water partition coefficient (Wildman–Crippen LogP) is 1.58. The number of hydrogen-bond acceptors (Lipinski definition) is 1. The average Bonchev–Trinajstić information content (AvgIpc) is 1.69. The molecule has 0 radical (unpaired) electrons. The van der Waals surface area contributed by atoms with Gasteiger partial charge in [0.1, 0.15) is 0 Å². The molecular weight excluding hydrogens is 98.1 g/mol. The van der Waals surface area contributed by atoms with Crippen LogP contribution in [0.1, 0.15) is 7.43 Å². The largest absolute Gasteiger partial charge is 0.310 e. The van der Waals surface area contributed by atoms with Gasteiger partial charge in [0.15, 0.2) is 0 Å². The molecule has 0 aliphatic carbocycles. The van der Waals surface area contributed by atoms with Gasteiger partial charge in [0.25, 0.3) is 0 Å². The summed E-state index contributed by atoms with van der Waals surface area (Å²) in [6.07, 6.45) is 3.65. The smallest absolute Gasteiger partial charge is 0.0135 e. The Morgan fingerprint density at radius 3 is 1.75 bits per heavy atom. The Morgan fingerprint density at radius 1 is 1.12 bits per heavy atom.